The molecule has 1 saturated heterocycles. The van der Waals surface area contributed by atoms with E-state index in [2.05, 4.69) is 15.6 Å². The van der Waals surface area contributed by atoms with E-state index in [1.165, 1.54) is 11.3 Å². The zero-order chi connectivity index (χ0) is 13.8. The topological polar surface area (TPSA) is 108 Å². The summed E-state index contributed by atoms with van der Waals surface area (Å²) < 4.78 is 0. The van der Waals surface area contributed by atoms with Gasteiger partial charge in [0.2, 0.25) is 11.8 Å². The first kappa shape index (κ1) is 13.5. The van der Waals surface area contributed by atoms with Crippen molar-refractivity contribution in [2.45, 2.75) is 31.7 Å². The minimum atomic E-state index is -0.868. The van der Waals surface area contributed by atoms with Crippen molar-refractivity contribution in [2.24, 2.45) is 0 Å². The second-order valence-electron chi connectivity index (χ2n) is 4.19. The van der Waals surface area contributed by atoms with E-state index in [9.17, 15) is 14.4 Å². The summed E-state index contributed by atoms with van der Waals surface area (Å²) in [5, 5.41) is 16.1. The van der Waals surface area contributed by atoms with Gasteiger partial charge in [-0.25, -0.2) is 4.98 Å². The fraction of sp³-hybridized carbons (Fsp3) is 0.455. The van der Waals surface area contributed by atoms with Gasteiger partial charge in [0.1, 0.15) is 6.04 Å². The third kappa shape index (κ3) is 3.75. The van der Waals surface area contributed by atoms with E-state index in [1.54, 1.807) is 5.38 Å². The Morgan fingerprint density at radius 2 is 2.37 bits per heavy atom. The van der Waals surface area contributed by atoms with Gasteiger partial charge in [-0.05, 0) is 6.42 Å². The first-order chi connectivity index (χ1) is 9.04. The highest BCUT2D eigenvalue weighted by Gasteiger charge is 2.26. The number of rotatable bonds is 5. The van der Waals surface area contributed by atoms with E-state index in [1.807, 2.05) is 0 Å². The highest BCUT2D eigenvalue weighted by molar-refractivity contribution is 7.13. The van der Waals surface area contributed by atoms with Crippen LogP contribution in [0.4, 0.5) is 5.13 Å². The quantitative estimate of drug-likeness (QED) is 0.674. The molecule has 2 rings (SSSR count). The highest BCUT2D eigenvalue weighted by Crippen LogP contribution is 2.19. The van der Waals surface area contributed by atoms with E-state index in [-0.39, 0.29) is 18.2 Å². The molecule has 1 atom stereocenters. The third-order valence-corrected chi connectivity index (χ3v) is 3.51. The Morgan fingerprint density at radius 1 is 1.58 bits per heavy atom. The molecule has 0 aliphatic carbocycles. The van der Waals surface area contributed by atoms with Gasteiger partial charge in [0.25, 0.3) is 0 Å². The Balaban J connectivity index is 1.90. The van der Waals surface area contributed by atoms with Crippen molar-refractivity contribution in [1.29, 1.82) is 0 Å². The average Bonchev–Trinajstić information content (AvgIpc) is 2.78. The standard InChI is InChI=1S/C11H13N3O4S/c15-8-3-2-7(10(18)14-8)13-11-12-6(5-19-11)1-4-9(16)17/h5,7H,1-4H2,(H,12,13)(H,16,17)(H,14,15,18). The Bertz CT molecular complexity index is 514. The smallest absolute Gasteiger partial charge is 0.303 e. The molecular formula is C11H13N3O4S. The second kappa shape index (κ2) is 5.79. The largest absolute Gasteiger partial charge is 0.481 e. The second-order valence-corrected chi connectivity index (χ2v) is 5.04. The Kier molecular flexibility index (Phi) is 4.10. The van der Waals surface area contributed by atoms with Crippen LogP contribution in [0.5, 0.6) is 0 Å². The maximum atomic E-state index is 11.5. The van der Waals surface area contributed by atoms with Crippen LogP contribution in [0.2, 0.25) is 0 Å². The summed E-state index contributed by atoms with van der Waals surface area (Å²) in [5.74, 6) is -1.48. The summed E-state index contributed by atoms with van der Waals surface area (Å²) in [5.41, 5.74) is 0.683. The molecule has 1 fully saturated rings. The number of carboxylic acid groups (broad SMARTS) is 1. The van der Waals surface area contributed by atoms with Gasteiger partial charge in [0.15, 0.2) is 5.13 Å². The summed E-state index contributed by atoms with van der Waals surface area (Å²) in [6.45, 7) is 0. The molecule has 0 bridgehead atoms. The molecule has 102 valence electrons. The lowest BCUT2D eigenvalue weighted by Crippen LogP contribution is -2.47. The first-order valence-electron chi connectivity index (χ1n) is 5.81. The van der Waals surface area contributed by atoms with Crippen LogP contribution in [0, 0.1) is 0 Å². The van der Waals surface area contributed by atoms with Crippen molar-refractivity contribution >= 4 is 34.3 Å². The minimum absolute atomic E-state index is 0.0294. The molecule has 0 spiro atoms. The molecule has 1 aliphatic heterocycles. The van der Waals surface area contributed by atoms with Crippen LogP contribution in [0.3, 0.4) is 0 Å². The molecule has 3 N–H and O–H groups in total. The van der Waals surface area contributed by atoms with Crippen LogP contribution in [-0.4, -0.2) is 33.9 Å². The Labute approximate surface area is 113 Å². The number of aliphatic carboxylic acids is 1. The SMILES string of the molecule is O=C(O)CCc1csc(NC2CCC(=O)NC2=O)n1. The van der Waals surface area contributed by atoms with Crippen LogP contribution >= 0.6 is 11.3 Å². The van der Waals surface area contributed by atoms with Crippen LogP contribution in [0.1, 0.15) is 25.0 Å². The molecule has 8 heteroatoms. The van der Waals surface area contributed by atoms with Crippen molar-refractivity contribution < 1.29 is 19.5 Å². The number of hydrogen-bond donors (Lipinski definition) is 3. The lowest BCUT2D eigenvalue weighted by molar-refractivity contribution is -0.137. The average molecular weight is 283 g/mol. The number of anilines is 1. The molecular weight excluding hydrogens is 270 g/mol. The fourth-order valence-corrected chi connectivity index (χ4v) is 2.50. The van der Waals surface area contributed by atoms with Crippen LogP contribution in [0.25, 0.3) is 0 Å². The fourth-order valence-electron chi connectivity index (χ4n) is 1.70. The van der Waals surface area contributed by atoms with Crippen molar-refractivity contribution in [3.63, 3.8) is 0 Å². The molecule has 2 amide bonds. The summed E-state index contributed by atoms with van der Waals surface area (Å²) in [4.78, 5) is 37.2. The number of amides is 2. The number of carboxylic acids is 1. The van der Waals surface area contributed by atoms with Gasteiger partial charge in [-0.3, -0.25) is 19.7 Å². The van der Waals surface area contributed by atoms with E-state index < -0.39 is 12.0 Å². The Morgan fingerprint density at radius 3 is 3.05 bits per heavy atom. The van der Waals surface area contributed by atoms with Gasteiger partial charge in [-0.2, -0.15) is 0 Å². The molecule has 7 nitrogen and oxygen atoms in total. The van der Waals surface area contributed by atoms with Crippen molar-refractivity contribution in [3.8, 4) is 0 Å². The molecule has 1 aromatic rings. The first-order valence-corrected chi connectivity index (χ1v) is 6.69. The minimum Gasteiger partial charge on any atom is -0.481 e. The predicted molar refractivity (Wildman–Crippen MR) is 67.9 cm³/mol. The van der Waals surface area contributed by atoms with Gasteiger partial charge in [0, 0.05) is 18.2 Å². The monoisotopic (exact) mass is 283 g/mol. The Hall–Kier alpha value is -1.96. The number of nitrogens with one attached hydrogen (secondary N) is 2. The third-order valence-electron chi connectivity index (χ3n) is 2.68. The number of nitrogens with zero attached hydrogens (tertiary/aromatic N) is 1. The number of hydrogen-bond acceptors (Lipinski definition) is 6. The number of aryl methyl sites for hydroxylation is 1. The van der Waals surface area contributed by atoms with Crippen LogP contribution in [-0.2, 0) is 20.8 Å². The molecule has 0 aromatic carbocycles. The van der Waals surface area contributed by atoms with E-state index >= 15 is 0 Å². The zero-order valence-electron chi connectivity index (χ0n) is 10.0. The molecule has 1 aliphatic rings. The van der Waals surface area contributed by atoms with Crippen molar-refractivity contribution in [1.82, 2.24) is 10.3 Å². The van der Waals surface area contributed by atoms with E-state index in [0.29, 0.717) is 30.1 Å². The molecule has 0 radical (unpaired) electrons. The number of carbonyl (C=O) groups is 3. The van der Waals surface area contributed by atoms with Crippen LogP contribution < -0.4 is 10.6 Å². The maximum Gasteiger partial charge on any atom is 0.303 e. The van der Waals surface area contributed by atoms with Gasteiger partial charge < -0.3 is 10.4 Å². The van der Waals surface area contributed by atoms with Gasteiger partial charge >= 0.3 is 5.97 Å². The summed E-state index contributed by atoms with van der Waals surface area (Å²) in [7, 11) is 0. The van der Waals surface area contributed by atoms with Gasteiger partial charge in [0.05, 0.1) is 12.1 Å². The summed E-state index contributed by atoms with van der Waals surface area (Å²) >= 11 is 1.32. The van der Waals surface area contributed by atoms with Crippen LogP contribution in [0.15, 0.2) is 5.38 Å². The summed E-state index contributed by atoms with van der Waals surface area (Å²) in [6, 6.07) is -0.462. The van der Waals surface area contributed by atoms with Gasteiger partial charge in [-0.1, -0.05) is 0 Å². The molecule has 2 heterocycles. The lowest BCUT2D eigenvalue weighted by Gasteiger charge is -2.21. The van der Waals surface area contributed by atoms with Crippen molar-refractivity contribution in [2.75, 3.05) is 5.32 Å². The van der Waals surface area contributed by atoms with E-state index in [0.717, 1.165) is 0 Å². The lowest BCUT2D eigenvalue weighted by atomic mass is 10.1. The van der Waals surface area contributed by atoms with E-state index in [4.69, 9.17) is 5.11 Å². The number of carbonyl (C=O) groups excluding carboxylic acids is 2. The normalized spacial score (nSPS) is 19.1. The maximum absolute atomic E-state index is 11.5. The number of thiazole rings is 1. The molecule has 0 saturated carbocycles. The highest BCUT2D eigenvalue weighted by atomic mass is 32.1. The summed E-state index contributed by atoms with van der Waals surface area (Å²) in [6.07, 6.45) is 1.14. The van der Waals surface area contributed by atoms with Crippen molar-refractivity contribution in [3.05, 3.63) is 11.1 Å². The number of imide groups is 1. The molecule has 19 heavy (non-hydrogen) atoms. The zero-order valence-corrected chi connectivity index (χ0v) is 10.8. The predicted octanol–water partition coefficient (Wildman–Crippen LogP) is 0.377. The number of piperidine rings is 1. The molecule has 1 unspecified atom stereocenters. The number of aromatic nitrogens is 1. The molecule has 1 aromatic heterocycles. The van der Waals surface area contributed by atoms with Gasteiger partial charge in [-0.15, -0.1) is 11.3 Å².